The van der Waals surface area contributed by atoms with Crippen molar-refractivity contribution in [2.75, 3.05) is 5.32 Å². The summed E-state index contributed by atoms with van der Waals surface area (Å²) in [7, 11) is 0. The highest BCUT2D eigenvalue weighted by Gasteiger charge is 2.09. The number of hydrogen-bond donors (Lipinski definition) is 1. The van der Waals surface area contributed by atoms with Crippen LogP contribution in [0.15, 0.2) is 24.3 Å². The summed E-state index contributed by atoms with van der Waals surface area (Å²) in [5.41, 5.74) is 0.799. The van der Waals surface area contributed by atoms with Gasteiger partial charge in [-0.3, -0.25) is 4.79 Å². The second kappa shape index (κ2) is 5.25. The summed E-state index contributed by atoms with van der Waals surface area (Å²) < 4.78 is 0. The number of halogens is 1. The van der Waals surface area contributed by atoms with Gasteiger partial charge < -0.3 is 5.32 Å². The topological polar surface area (TPSA) is 54.9 Å². The van der Waals surface area contributed by atoms with Crippen LogP contribution in [0.3, 0.4) is 0 Å². The van der Waals surface area contributed by atoms with E-state index in [9.17, 15) is 4.79 Å². The van der Waals surface area contributed by atoms with E-state index in [0.29, 0.717) is 10.2 Å². The standard InChI is InChI=1S/C11H10ClN3OS/c1-7-14-15-11(17-7)13-10(16)6-8-4-2-3-5-9(8)12/h2-5H,6H2,1H3,(H,13,15,16). The largest absolute Gasteiger partial charge is 0.300 e. The number of amides is 1. The number of benzene rings is 1. The number of carbonyl (C=O) groups excluding carboxylic acids is 1. The molecule has 0 saturated heterocycles. The van der Waals surface area contributed by atoms with Crippen LogP contribution in [-0.4, -0.2) is 16.1 Å². The SMILES string of the molecule is Cc1nnc(NC(=O)Cc2ccccc2Cl)s1. The fraction of sp³-hybridized carbons (Fsp3) is 0.182. The highest BCUT2D eigenvalue weighted by Crippen LogP contribution is 2.17. The van der Waals surface area contributed by atoms with Gasteiger partial charge in [-0.2, -0.15) is 0 Å². The number of hydrogen-bond acceptors (Lipinski definition) is 4. The summed E-state index contributed by atoms with van der Waals surface area (Å²) in [6.07, 6.45) is 0.234. The monoisotopic (exact) mass is 267 g/mol. The minimum Gasteiger partial charge on any atom is -0.300 e. The average molecular weight is 268 g/mol. The molecule has 4 nitrogen and oxygen atoms in total. The molecular weight excluding hydrogens is 258 g/mol. The molecule has 0 bridgehead atoms. The van der Waals surface area contributed by atoms with Crippen molar-refractivity contribution in [1.82, 2.24) is 10.2 Å². The summed E-state index contributed by atoms with van der Waals surface area (Å²) in [5, 5.41) is 12.3. The van der Waals surface area contributed by atoms with E-state index < -0.39 is 0 Å². The lowest BCUT2D eigenvalue weighted by Crippen LogP contribution is -2.14. The molecule has 1 aromatic carbocycles. The molecular formula is C11H10ClN3OS. The Balaban J connectivity index is 2.01. The van der Waals surface area contributed by atoms with E-state index in [2.05, 4.69) is 15.5 Å². The number of rotatable bonds is 3. The molecule has 2 rings (SSSR count). The smallest absolute Gasteiger partial charge is 0.230 e. The fourth-order valence-corrected chi connectivity index (χ4v) is 2.14. The lowest BCUT2D eigenvalue weighted by Gasteiger charge is -2.03. The summed E-state index contributed by atoms with van der Waals surface area (Å²) in [4.78, 5) is 11.7. The molecule has 0 aliphatic carbocycles. The Morgan fingerprint density at radius 3 is 2.82 bits per heavy atom. The van der Waals surface area contributed by atoms with E-state index in [0.717, 1.165) is 10.6 Å². The molecule has 17 heavy (non-hydrogen) atoms. The second-order valence-electron chi connectivity index (χ2n) is 3.44. The van der Waals surface area contributed by atoms with Crippen LogP contribution >= 0.6 is 22.9 Å². The molecule has 1 amide bonds. The first-order valence-electron chi connectivity index (χ1n) is 4.98. The van der Waals surface area contributed by atoms with E-state index in [1.807, 2.05) is 25.1 Å². The van der Waals surface area contributed by atoms with Gasteiger partial charge in [-0.1, -0.05) is 41.1 Å². The van der Waals surface area contributed by atoms with E-state index in [1.165, 1.54) is 11.3 Å². The predicted molar refractivity (Wildman–Crippen MR) is 68.4 cm³/mol. The zero-order valence-corrected chi connectivity index (χ0v) is 10.7. The molecule has 2 aromatic rings. The van der Waals surface area contributed by atoms with Gasteiger partial charge >= 0.3 is 0 Å². The van der Waals surface area contributed by atoms with Crippen LogP contribution in [0.1, 0.15) is 10.6 Å². The van der Waals surface area contributed by atoms with E-state index in [4.69, 9.17) is 11.6 Å². The average Bonchev–Trinajstić information content (AvgIpc) is 2.67. The van der Waals surface area contributed by atoms with Gasteiger partial charge in [-0.05, 0) is 18.6 Å². The van der Waals surface area contributed by atoms with Crippen LogP contribution in [0.2, 0.25) is 5.02 Å². The number of nitrogens with zero attached hydrogens (tertiary/aromatic N) is 2. The van der Waals surface area contributed by atoms with E-state index in [1.54, 1.807) is 6.07 Å². The second-order valence-corrected chi connectivity index (χ2v) is 5.03. The minimum atomic E-state index is -0.144. The Morgan fingerprint density at radius 2 is 2.18 bits per heavy atom. The van der Waals surface area contributed by atoms with Gasteiger partial charge in [0, 0.05) is 5.02 Å². The molecule has 1 aromatic heterocycles. The first-order chi connectivity index (χ1) is 8.15. The van der Waals surface area contributed by atoms with Crippen molar-refractivity contribution in [3.05, 3.63) is 39.9 Å². The molecule has 0 saturated carbocycles. The van der Waals surface area contributed by atoms with Gasteiger partial charge in [0.05, 0.1) is 6.42 Å². The molecule has 0 radical (unpaired) electrons. The summed E-state index contributed by atoms with van der Waals surface area (Å²) in [6.45, 7) is 1.83. The van der Waals surface area contributed by atoms with Crippen molar-refractivity contribution >= 4 is 34.0 Å². The van der Waals surface area contributed by atoms with Gasteiger partial charge in [0.1, 0.15) is 5.01 Å². The molecule has 88 valence electrons. The van der Waals surface area contributed by atoms with E-state index >= 15 is 0 Å². The first-order valence-corrected chi connectivity index (χ1v) is 6.18. The molecule has 0 fully saturated rings. The molecule has 0 unspecified atom stereocenters. The zero-order valence-electron chi connectivity index (χ0n) is 9.11. The van der Waals surface area contributed by atoms with Crippen molar-refractivity contribution < 1.29 is 4.79 Å². The van der Waals surface area contributed by atoms with Crippen LogP contribution in [0, 0.1) is 6.92 Å². The third kappa shape index (κ3) is 3.25. The number of nitrogens with one attached hydrogen (secondary N) is 1. The number of carbonyl (C=O) groups is 1. The quantitative estimate of drug-likeness (QED) is 0.930. The maximum absolute atomic E-state index is 11.7. The molecule has 1 heterocycles. The summed E-state index contributed by atoms with van der Waals surface area (Å²) in [5.74, 6) is -0.144. The van der Waals surface area contributed by atoms with Crippen molar-refractivity contribution in [2.24, 2.45) is 0 Å². The van der Waals surface area contributed by atoms with Crippen molar-refractivity contribution in [3.63, 3.8) is 0 Å². The minimum absolute atomic E-state index is 0.144. The fourth-order valence-electron chi connectivity index (χ4n) is 1.33. The lowest BCUT2D eigenvalue weighted by molar-refractivity contribution is -0.115. The van der Waals surface area contributed by atoms with Crippen LogP contribution in [0.5, 0.6) is 0 Å². The van der Waals surface area contributed by atoms with Crippen LogP contribution in [0.25, 0.3) is 0 Å². The lowest BCUT2D eigenvalue weighted by atomic mass is 10.1. The molecule has 0 aliphatic rings. The Hall–Kier alpha value is -1.46. The number of aromatic nitrogens is 2. The Morgan fingerprint density at radius 1 is 1.41 bits per heavy atom. The van der Waals surface area contributed by atoms with Crippen LogP contribution in [-0.2, 0) is 11.2 Å². The normalized spacial score (nSPS) is 10.2. The molecule has 6 heteroatoms. The summed E-state index contributed by atoms with van der Waals surface area (Å²) in [6, 6.07) is 7.27. The first kappa shape index (κ1) is 12.0. The highest BCUT2D eigenvalue weighted by molar-refractivity contribution is 7.15. The van der Waals surface area contributed by atoms with Gasteiger partial charge in [-0.25, -0.2) is 0 Å². The van der Waals surface area contributed by atoms with Crippen molar-refractivity contribution in [3.8, 4) is 0 Å². The van der Waals surface area contributed by atoms with Crippen molar-refractivity contribution in [1.29, 1.82) is 0 Å². The molecule has 0 aliphatic heterocycles. The van der Waals surface area contributed by atoms with Crippen molar-refractivity contribution in [2.45, 2.75) is 13.3 Å². The summed E-state index contributed by atoms with van der Waals surface area (Å²) >= 11 is 7.31. The molecule has 1 N–H and O–H groups in total. The third-order valence-electron chi connectivity index (χ3n) is 2.08. The third-order valence-corrected chi connectivity index (χ3v) is 3.20. The molecule has 0 spiro atoms. The van der Waals surface area contributed by atoms with Gasteiger partial charge in [0.25, 0.3) is 0 Å². The van der Waals surface area contributed by atoms with Gasteiger partial charge in [-0.15, -0.1) is 10.2 Å². The maximum atomic E-state index is 11.7. The highest BCUT2D eigenvalue weighted by atomic mass is 35.5. The van der Waals surface area contributed by atoms with E-state index in [-0.39, 0.29) is 12.3 Å². The van der Waals surface area contributed by atoms with Crippen LogP contribution in [0.4, 0.5) is 5.13 Å². The van der Waals surface area contributed by atoms with Crippen LogP contribution < -0.4 is 5.32 Å². The Bertz CT molecular complexity index is 541. The molecule has 0 atom stereocenters. The Labute approximate surface area is 108 Å². The Kier molecular flexibility index (Phi) is 3.71. The van der Waals surface area contributed by atoms with Gasteiger partial charge in [0.15, 0.2) is 0 Å². The predicted octanol–water partition coefficient (Wildman–Crippen LogP) is 2.68. The number of aryl methyl sites for hydroxylation is 1. The number of anilines is 1. The van der Waals surface area contributed by atoms with Gasteiger partial charge in [0.2, 0.25) is 11.0 Å². The maximum Gasteiger partial charge on any atom is 0.230 e. The zero-order chi connectivity index (χ0) is 12.3.